The van der Waals surface area contributed by atoms with Gasteiger partial charge in [-0.1, -0.05) is 36.4 Å². The number of rotatable bonds is 3. The van der Waals surface area contributed by atoms with Crippen LogP contribution in [0.25, 0.3) is 0 Å². The SMILES string of the molecule is O=C1CSC(c2ccccc2F)N1/N=C/c1ccccc1F. The summed E-state index contributed by atoms with van der Waals surface area (Å²) < 4.78 is 27.5. The molecule has 3 nitrogen and oxygen atoms in total. The molecule has 0 bridgehead atoms. The summed E-state index contributed by atoms with van der Waals surface area (Å²) in [6.45, 7) is 0. The number of amides is 1. The molecule has 0 N–H and O–H groups in total. The summed E-state index contributed by atoms with van der Waals surface area (Å²) in [7, 11) is 0. The van der Waals surface area contributed by atoms with Crippen LogP contribution in [0.3, 0.4) is 0 Å². The molecule has 1 heterocycles. The van der Waals surface area contributed by atoms with E-state index in [1.54, 1.807) is 36.4 Å². The molecular formula is C16H12F2N2OS. The Balaban J connectivity index is 1.89. The minimum Gasteiger partial charge on any atom is -0.272 e. The number of halogens is 2. The lowest BCUT2D eigenvalue weighted by Crippen LogP contribution is -2.23. The highest BCUT2D eigenvalue weighted by molar-refractivity contribution is 8.00. The predicted molar refractivity (Wildman–Crippen MR) is 82.4 cm³/mol. The molecule has 1 amide bonds. The van der Waals surface area contributed by atoms with Gasteiger partial charge in [-0.15, -0.1) is 11.8 Å². The van der Waals surface area contributed by atoms with Gasteiger partial charge in [0.25, 0.3) is 5.91 Å². The average Bonchev–Trinajstić information content (AvgIpc) is 2.88. The van der Waals surface area contributed by atoms with Crippen LogP contribution in [0.2, 0.25) is 0 Å². The van der Waals surface area contributed by atoms with E-state index in [1.165, 1.54) is 35.1 Å². The minimum absolute atomic E-state index is 0.216. The first-order valence-electron chi connectivity index (χ1n) is 6.63. The van der Waals surface area contributed by atoms with Crippen LogP contribution in [0.5, 0.6) is 0 Å². The van der Waals surface area contributed by atoms with Crippen molar-refractivity contribution in [3.05, 3.63) is 71.3 Å². The van der Waals surface area contributed by atoms with Gasteiger partial charge in [0.15, 0.2) is 0 Å². The predicted octanol–water partition coefficient (Wildman–Crippen LogP) is 3.57. The van der Waals surface area contributed by atoms with Crippen LogP contribution >= 0.6 is 11.8 Å². The first kappa shape index (κ1) is 14.7. The van der Waals surface area contributed by atoms with E-state index in [-0.39, 0.29) is 23.0 Å². The highest BCUT2D eigenvalue weighted by atomic mass is 32.2. The average molecular weight is 318 g/mol. The van der Waals surface area contributed by atoms with Crippen LogP contribution in [-0.2, 0) is 4.79 Å². The number of thioether (sulfide) groups is 1. The van der Waals surface area contributed by atoms with E-state index in [9.17, 15) is 13.6 Å². The quantitative estimate of drug-likeness (QED) is 0.811. The molecule has 2 aromatic rings. The molecule has 6 heteroatoms. The second kappa shape index (κ2) is 6.27. The van der Waals surface area contributed by atoms with Gasteiger partial charge in [0.1, 0.15) is 17.0 Å². The number of hydrogen-bond donors (Lipinski definition) is 0. The van der Waals surface area contributed by atoms with Gasteiger partial charge in [-0.25, -0.2) is 13.8 Å². The van der Waals surface area contributed by atoms with Crippen molar-refractivity contribution in [3.63, 3.8) is 0 Å². The molecule has 0 saturated carbocycles. The van der Waals surface area contributed by atoms with Gasteiger partial charge in [-0.3, -0.25) is 4.79 Å². The molecule has 1 fully saturated rings. The summed E-state index contributed by atoms with van der Waals surface area (Å²) >= 11 is 1.29. The van der Waals surface area contributed by atoms with Crippen molar-refractivity contribution >= 4 is 23.9 Å². The van der Waals surface area contributed by atoms with Crippen molar-refractivity contribution < 1.29 is 13.6 Å². The lowest BCUT2D eigenvalue weighted by Gasteiger charge is -2.19. The number of benzene rings is 2. The molecule has 22 heavy (non-hydrogen) atoms. The standard InChI is InChI=1S/C16H12F2N2OS/c17-13-7-3-1-5-11(13)9-19-20-15(21)10-22-16(20)12-6-2-4-8-14(12)18/h1-9,16H,10H2/b19-9+. The summed E-state index contributed by atoms with van der Waals surface area (Å²) in [5, 5.41) is 4.74. The lowest BCUT2D eigenvalue weighted by molar-refractivity contribution is -0.128. The third kappa shape index (κ3) is 2.87. The number of hydrogen-bond acceptors (Lipinski definition) is 3. The number of carbonyl (C=O) groups excluding carboxylic acids is 1. The Morgan fingerprint density at radius 1 is 1.09 bits per heavy atom. The van der Waals surface area contributed by atoms with Gasteiger partial charge in [-0.05, 0) is 12.1 Å². The monoisotopic (exact) mass is 318 g/mol. The maximum absolute atomic E-state index is 13.9. The molecule has 0 aliphatic carbocycles. The van der Waals surface area contributed by atoms with Crippen LogP contribution in [0.4, 0.5) is 8.78 Å². The molecule has 0 aromatic heterocycles. The highest BCUT2D eigenvalue weighted by Gasteiger charge is 2.34. The minimum atomic E-state index is -0.531. The summed E-state index contributed by atoms with van der Waals surface area (Å²) in [5.74, 6) is -0.826. The zero-order valence-electron chi connectivity index (χ0n) is 11.4. The Morgan fingerprint density at radius 3 is 2.50 bits per heavy atom. The van der Waals surface area contributed by atoms with Crippen molar-refractivity contribution in [3.8, 4) is 0 Å². The molecule has 2 aromatic carbocycles. The highest BCUT2D eigenvalue weighted by Crippen LogP contribution is 2.39. The molecule has 0 spiro atoms. The summed E-state index contributed by atoms with van der Waals surface area (Å²) in [4.78, 5) is 12.0. The normalized spacial score (nSPS) is 18.4. The van der Waals surface area contributed by atoms with Crippen LogP contribution < -0.4 is 0 Å². The van der Waals surface area contributed by atoms with E-state index >= 15 is 0 Å². The molecule has 3 rings (SSSR count). The largest absolute Gasteiger partial charge is 0.272 e. The lowest BCUT2D eigenvalue weighted by atomic mass is 10.2. The van der Waals surface area contributed by atoms with Crippen LogP contribution in [0.1, 0.15) is 16.5 Å². The summed E-state index contributed by atoms with van der Waals surface area (Å²) in [5.41, 5.74) is 0.670. The first-order chi connectivity index (χ1) is 10.7. The Hall–Kier alpha value is -2.21. The van der Waals surface area contributed by atoms with Crippen molar-refractivity contribution in [1.29, 1.82) is 0 Å². The van der Waals surface area contributed by atoms with Gasteiger partial charge in [0, 0.05) is 11.1 Å². The topological polar surface area (TPSA) is 32.7 Å². The third-order valence-electron chi connectivity index (χ3n) is 3.24. The van der Waals surface area contributed by atoms with E-state index in [4.69, 9.17) is 0 Å². The Kier molecular flexibility index (Phi) is 4.20. The molecule has 1 atom stereocenters. The third-order valence-corrected chi connectivity index (χ3v) is 4.42. The van der Waals surface area contributed by atoms with Crippen molar-refractivity contribution in [2.45, 2.75) is 5.37 Å². The molecule has 1 aliphatic heterocycles. The molecule has 1 aliphatic rings. The Bertz CT molecular complexity index is 736. The van der Waals surface area contributed by atoms with Crippen LogP contribution in [0, 0.1) is 11.6 Å². The Labute approximate surface area is 130 Å². The van der Waals surface area contributed by atoms with E-state index in [1.807, 2.05) is 0 Å². The fourth-order valence-corrected chi connectivity index (χ4v) is 3.26. The summed E-state index contributed by atoms with van der Waals surface area (Å²) in [6, 6.07) is 12.4. The molecule has 1 unspecified atom stereocenters. The smallest absolute Gasteiger partial charge is 0.254 e. The van der Waals surface area contributed by atoms with E-state index in [2.05, 4.69) is 5.10 Å². The number of carbonyl (C=O) groups is 1. The van der Waals surface area contributed by atoms with Gasteiger partial charge >= 0.3 is 0 Å². The Morgan fingerprint density at radius 2 is 1.77 bits per heavy atom. The number of hydrazone groups is 1. The second-order valence-electron chi connectivity index (χ2n) is 4.69. The fraction of sp³-hybridized carbons (Fsp3) is 0.125. The molecule has 1 saturated heterocycles. The zero-order chi connectivity index (χ0) is 15.5. The van der Waals surface area contributed by atoms with Crippen molar-refractivity contribution in [2.75, 3.05) is 5.75 Å². The molecule has 0 radical (unpaired) electrons. The van der Waals surface area contributed by atoms with Crippen molar-refractivity contribution in [1.82, 2.24) is 5.01 Å². The maximum atomic E-state index is 13.9. The van der Waals surface area contributed by atoms with E-state index in [0.29, 0.717) is 5.56 Å². The molecule has 112 valence electrons. The van der Waals surface area contributed by atoms with E-state index in [0.717, 1.165) is 0 Å². The van der Waals surface area contributed by atoms with Gasteiger partial charge in [-0.2, -0.15) is 5.10 Å². The molecular weight excluding hydrogens is 306 g/mol. The first-order valence-corrected chi connectivity index (χ1v) is 7.68. The van der Waals surface area contributed by atoms with Gasteiger partial charge < -0.3 is 0 Å². The zero-order valence-corrected chi connectivity index (χ0v) is 12.3. The number of nitrogens with zero attached hydrogens (tertiary/aromatic N) is 2. The van der Waals surface area contributed by atoms with Crippen LogP contribution in [0.15, 0.2) is 53.6 Å². The van der Waals surface area contributed by atoms with Crippen molar-refractivity contribution in [2.24, 2.45) is 5.10 Å². The summed E-state index contributed by atoms with van der Waals surface area (Å²) in [6.07, 6.45) is 1.28. The fourth-order valence-electron chi connectivity index (χ4n) is 2.14. The van der Waals surface area contributed by atoms with Gasteiger partial charge in [0.05, 0.1) is 12.0 Å². The van der Waals surface area contributed by atoms with E-state index < -0.39 is 11.2 Å². The van der Waals surface area contributed by atoms with Gasteiger partial charge in [0.2, 0.25) is 0 Å². The van der Waals surface area contributed by atoms with Crippen LogP contribution in [-0.4, -0.2) is 22.9 Å². The second-order valence-corrected chi connectivity index (χ2v) is 5.76. The maximum Gasteiger partial charge on any atom is 0.254 e.